The average molecular weight is 323 g/mol. The predicted molar refractivity (Wildman–Crippen MR) is 92.9 cm³/mol. The molecule has 24 heavy (non-hydrogen) atoms. The van der Waals surface area contributed by atoms with Crippen LogP contribution in [0.3, 0.4) is 0 Å². The molecular weight excluding hydrogens is 302 g/mol. The lowest BCUT2D eigenvalue weighted by molar-refractivity contribution is 0.218. The third-order valence-electron chi connectivity index (χ3n) is 4.51. The van der Waals surface area contributed by atoms with Crippen molar-refractivity contribution >= 4 is 5.78 Å². The second kappa shape index (κ2) is 6.20. The molecule has 1 saturated heterocycles. The number of aromatic nitrogens is 4. The molecule has 1 aliphatic heterocycles. The Balaban J connectivity index is 1.69. The molecule has 0 radical (unpaired) electrons. The number of nitrogens with zero attached hydrogens (tertiary/aromatic N) is 4. The van der Waals surface area contributed by atoms with Gasteiger partial charge in [0, 0.05) is 18.2 Å². The number of benzene rings is 1. The Morgan fingerprint density at radius 3 is 2.75 bits per heavy atom. The maximum atomic E-state index is 12.4. The van der Waals surface area contributed by atoms with E-state index in [9.17, 15) is 4.79 Å². The molecule has 3 aromatic rings. The third kappa shape index (κ3) is 2.97. The number of fused-ring (bicyclic) bond motifs is 1. The molecular formula is C18H21N5O. The van der Waals surface area contributed by atoms with E-state index in [1.165, 1.54) is 23.8 Å². The highest BCUT2D eigenvalue weighted by molar-refractivity contribution is 5.57. The fraction of sp³-hybridized carbons (Fsp3) is 0.389. The van der Waals surface area contributed by atoms with Crippen LogP contribution < -0.4 is 5.56 Å². The highest BCUT2D eigenvalue weighted by Crippen LogP contribution is 2.17. The molecule has 4 rings (SSSR count). The van der Waals surface area contributed by atoms with Gasteiger partial charge in [-0.2, -0.15) is 9.50 Å². The number of hydrogen-bond acceptors (Lipinski definition) is 4. The lowest BCUT2D eigenvalue weighted by atomic mass is 10.1. The molecule has 2 aromatic heterocycles. The normalized spacial score (nSPS) is 15.9. The minimum atomic E-state index is -0.113. The summed E-state index contributed by atoms with van der Waals surface area (Å²) >= 11 is 0. The lowest BCUT2D eigenvalue weighted by Crippen LogP contribution is -2.30. The fourth-order valence-corrected chi connectivity index (χ4v) is 3.28. The van der Waals surface area contributed by atoms with Gasteiger partial charge in [-0.3, -0.25) is 14.8 Å². The number of rotatable bonds is 3. The molecule has 0 bridgehead atoms. The van der Waals surface area contributed by atoms with Crippen molar-refractivity contribution in [2.75, 3.05) is 13.1 Å². The maximum Gasteiger partial charge on any atom is 0.274 e. The molecule has 1 aliphatic rings. The van der Waals surface area contributed by atoms with Gasteiger partial charge in [-0.1, -0.05) is 30.2 Å². The second-order valence-electron chi connectivity index (χ2n) is 6.50. The first kappa shape index (κ1) is 15.1. The molecule has 1 fully saturated rings. The topological polar surface area (TPSA) is 66.3 Å². The molecule has 6 heteroatoms. The van der Waals surface area contributed by atoms with Crippen molar-refractivity contribution in [3.63, 3.8) is 0 Å². The van der Waals surface area contributed by atoms with Crippen LogP contribution in [-0.4, -0.2) is 37.6 Å². The summed E-state index contributed by atoms with van der Waals surface area (Å²) in [5.74, 6) is 1.10. The Hall–Kier alpha value is -2.47. The molecule has 0 atom stereocenters. The molecule has 1 N–H and O–H groups in total. The average Bonchev–Trinajstić information content (AvgIpc) is 3.00. The van der Waals surface area contributed by atoms with Crippen LogP contribution >= 0.6 is 0 Å². The maximum absolute atomic E-state index is 12.4. The summed E-state index contributed by atoms with van der Waals surface area (Å²) < 4.78 is 1.41. The summed E-state index contributed by atoms with van der Waals surface area (Å²) in [7, 11) is 0. The van der Waals surface area contributed by atoms with Crippen LogP contribution in [0.5, 0.6) is 0 Å². The summed E-state index contributed by atoms with van der Waals surface area (Å²) in [5, 5.41) is 3.06. The lowest BCUT2D eigenvalue weighted by Gasteiger charge is -2.25. The first-order valence-electron chi connectivity index (χ1n) is 8.47. The summed E-state index contributed by atoms with van der Waals surface area (Å²) in [6, 6.07) is 9.64. The number of nitrogens with one attached hydrogen (secondary N) is 1. The quantitative estimate of drug-likeness (QED) is 0.803. The Kier molecular flexibility index (Phi) is 3.90. The fourth-order valence-electron chi connectivity index (χ4n) is 3.28. The number of aromatic amines is 1. The molecule has 3 heterocycles. The van der Waals surface area contributed by atoms with Crippen molar-refractivity contribution in [3.05, 3.63) is 51.9 Å². The van der Waals surface area contributed by atoms with Crippen LogP contribution in [0.15, 0.2) is 35.1 Å². The van der Waals surface area contributed by atoms with Gasteiger partial charge in [0.2, 0.25) is 0 Å². The minimum absolute atomic E-state index is 0.113. The molecule has 6 nitrogen and oxygen atoms in total. The Bertz CT molecular complexity index is 921. The van der Waals surface area contributed by atoms with Gasteiger partial charge in [0.05, 0.1) is 5.69 Å². The van der Waals surface area contributed by atoms with Crippen LogP contribution in [0.1, 0.15) is 30.5 Å². The van der Waals surface area contributed by atoms with Gasteiger partial charge in [-0.05, 0) is 38.9 Å². The SMILES string of the molecule is Cc1cccc(-c2nc3nc(CN4CCCCC4)cc(=O)n3[nH]2)c1. The van der Waals surface area contributed by atoms with E-state index in [0.717, 1.165) is 36.5 Å². The number of likely N-dealkylation sites (tertiary alicyclic amines) is 1. The summed E-state index contributed by atoms with van der Waals surface area (Å²) in [5.41, 5.74) is 2.79. The molecule has 1 aromatic carbocycles. The molecule has 0 spiro atoms. The van der Waals surface area contributed by atoms with E-state index in [1.54, 1.807) is 6.07 Å². The Morgan fingerprint density at radius 1 is 1.12 bits per heavy atom. The van der Waals surface area contributed by atoms with Crippen molar-refractivity contribution in [1.82, 2.24) is 24.5 Å². The van der Waals surface area contributed by atoms with Crippen molar-refractivity contribution in [3.8, 4) is 11.4 Å². The van der Waals surface area contributed by atoms with Crippen molar-refractivity contribution in [2.45, 2.75) is 32.7 Å². The van der Waals surface area contributed by atoms with Gasteiger partial charge < -0.3 is 0 Å². The van der Waals surface area contributed by atoms with Crippen LogP contribution in [0.2, 0.25) is 0 Å². The number of aryl methyl sites for hydroxylation is 1. The van der Waals surface area contributed by atoms with Gasteiger partial charge in [-0.15, -0.1) is 0 Å². The largest absolute Gasteiger partial charge is 0.298 e. The number of piperidine rings is 1. The van der Waals surface area contributed by atoms with Gasteiger partial charge in [0.1, 0.15) is 0 Å². The van der Waals surface area contributed by atoms with Crippen molar-refractivity contribution in [2.24, 2.45) is 0 Å². The van der Waals surface area contributed by atoms with E-state index in [-0.39, 0.29) is 5.56 Å². The van der Waals surface area contributed by atoms with Crippen molar-refractivity contribution in [1.29, 1.82) is 0 Å². The van der Waals surface area contributed by atoms with Gasteiger partial charge >= 0.3 is 0 Å². The monoisotopic (exact) mass is 323 g/mol. The number of hydrogen-bond donors (Lipinski definition) is 1. The van der Waals surface area contributed by atoms with E-state index >= 15 is 0 Å². The zero-order valence-corrected chi connectivity index (χ0v) is 13.8. The van der Waals surface area contributed by atoms with E-state index in [1.807, 2.05) is 31.2 Å². The second-order valence-corrected chi connectivity index (χ2v) is 6.50. The summed E-state index contributed by atoms with van der Waals surface area (Å²) in [6.07, 6.45) is 3.74. The summed E-state index contributed by atoms with van der Waals surface area (Å²) in [6.45, 7) is 4.91. The summed E-state index contributed by atoms with van der Waals surface area (Å²) in [4.78, 5) is 23.8. The van der Waals surface area contributed by atoms with E-state index in [2.05, 4.69) is 20.0 Å². The first-order valence-corrected chi connectivity index (χ1v) is 8.47. The molecule has 0 unspecified atom stereocenters. The van der Waals surface area contributed by atoms with Crippen LogP contribution in [0.25, 0.3) is 17.2 Å². The molecule has 124 valence electrons. The van der Waals surface area contributed by atoms with Gasteiger partial charge in [-0.25, -0.2) is 4.98 Å². The van der Waals surface area contributed by atoms with Crippen molar-refractivity contribution < 1.29 is 0 Å². The third-order valence-corrected chi connectivity index (χ3v) is 4.51. The van der Waals surface area contributed by atoms with E-state index < -0.39 is 0 Å². The van der Waals surface area contributed by atoms with Crippen LogP contribution in [-0.2, 0) is 6.54 Å². The molecule has 0 aliphatic carbocycles. The van der Waals surface area contributed by atoms with Gasteiger partial charge in [0.25, 0.3) is 11.3 Å². The first-order chi connectivity index (χ1) is 11.7. The highest BCUT2D eigenvalue weighted by atomic mass is 16.1. The number of H-pyrrole nitrogens is 1. The zero-order valence-electron chi connectivity index (χ0n) is 13.8. The van der Waals surface area contributed by atoms with E-state index in [0.29, 0.717) is 11.6 Å². The zero-order chi connectivity index (χ0) is 16.5. The van der Waals surface area contributed by atoms with Gasteiger partial charge in [0.15, 0.2) is 5.82 Å². The standard InChI is InChI=1S/C18H21N5O/c1-13-6-5-7-14(10-13)17-20-18-19-15(11-16(24)23(18)21-17)12-22-8-3-2-4-9-22/h5-7,10-11H,2-4,8-9,12H2,1H3,(H,19,20,21). The van der Waals surface area contributed by atoms with Crippen LogP contribution in [0.4, 0.5) is 0 Å². The van der Waals surface area contributed by atoms with E-state index in [4.69, 9.17) is 0 Å². The van der Waals surface area contributed by atoms with Crippen LogP contribution in [0, 0.1) is 6.92 Å². The Labute approximate surface area is 140 Å². The smallest absolute Gasteiger partial charge is 0.274 e. The highest BCUT2D eigenvalue weighted by Gasteiger charge is 2.14. The molecule has 0 amide bonds. The minimum Gasteiger partial charge on any atom is -0.298 e. The Morgan fingerprint density at radius 2 is 1.96 bits per heavy atom. The predicted octanol–water partition coefficient (Wildman–Crippen LogP) is 2.38. The molecule has 0 saturated carbocycles.